The van der Waals surface area contributed by atoms with E-state index in [1.54, 1.807) is 26.0 Å². The Morgan fingerprint density at radius 2 is 1.72 bits per heavy atom. The number of halogens is 1. The number of esters is 1. The van der Waals surface area contributed by atoms with Crippen LogP contribution in [0.5, 0.6) is 0 Å². The molecule has 0 bridgehead atoms. The smallest absolute Gasteiger partial charge is 0.408 e. The SMILES string of the molecule is CC(C)[C@H](NC(=O)OCc1ccccc1)C(=O)OCC(=O)Nc1cccc(F)c1. The lowest BCUT2D eigenvalue weighted by Crippen LogP contribution is -2.46. The molecule has 8 heteroatoms. The molecule has 0 aliphatic heterocycles. The van der Waals surface area contributed by atoms with Gasteiger partial charge in [-0.2, -0.15) is 0 Å². The monoisotopic (exact) mass is 402 g/mol. The third kappa shape index (κ3) is 7.61. The highest BCUT2D eigenvalue weighted by Crippen LogP contribution is 2.10. The van der Waals surface area contributed by atoms with Crippen molar-refractivity contribution >= 4 is 23.7 Å². The molecular weight excluding hydrogens is 379 g/mol. The summed E-state index contributed by atoms with van der Waals surface area (Å²) in [6, 6.07) is 13.4. The second-order valence-corrected chi connectivity index (χ2v) is 6.59. The van der Waals surface area contributed by atoms with Gasteiger partial charge in [-0.3, -0.25) is 4.79 Å². The van der Waals surface area contributed by atoms with Crippen LogP contribution in [-0.4, -0.2) is 30.6 Å². The molecule has 7 nitrogen and oxygen atoms in total. The standard InChI is InChI=1S/C21H23FN2O5/c1-14(2)19(24-21(27)29-12-15-7-4-3-5-8-15)20(26)28-13-18(25)23-17-10-6-9-16(22)11-17/h3-11,14,19H,12-13H2,1-2H3,(H,23,25)(H,24,27)/t19-/m0/s1. The molecule has 2 rings (SSSR count). The lowest BCUT2D eigenvalue weighted by molar-refractivity contribution is -0.150. The molecule has 0 fully saturated rings. The van der Waals surface area contributed by atoms with Gasteiger partial charge in [0.1, 0.15) is 18.5 Å². The summed E-state index contributed by atoms with van der Waals surface area (Å²) in [4.78, 5) is 36.1. The van der Waals surface area contributed by atoms with E-state index in [-0.39, 0.29) is 18.2 Å². The first kappa shape index (κ1) is 21.9. The van der Waals surface area contributed by atoms with Crippen molar-refractivity contribution in [2.75, 3.05) is 11.9 Å². The Kier molecular flexibility index (Phi) is 8.14. The predicted octanol–water partition coefficient (Wildman–Crippen LogP) is 3.26. The lowest BCUT2D eigenvalue weighted by Gasteiger charge is -2.20. The van der Waals surface area contributed by atoms with E-state index in [0.717, 1.165) is 11.6 Å². The highest BCUT2D eigenvalue weighted by atomic mass is 19.1. The van der Waals surface area contributed by atoms with Crippen molar-refractivity contribution in [3.05, 3.63) is 66.0 Å². The Morgan fingerprint density at radius 1 is 1.00 bits per heavy atom. The number of nitrogens with one attached hydrogen (secondary N) is 2. The Hall–Kier alpha value is -3.42. The molecule has 0 heterocycles. The fourth-order valence-corrected chi connectivity index (χ4v) is 2.38. The lowest BCUT2D eigenvalue weighted by atomic mass is 10.1. The molecule has 2 aromatic rings. The maximum Gasteiger partial charge on any atom is 0.408 e. The number of rotatable bonds is 8. The molecular formula is C21H23FN2O5. The number of carbonyl (C=O) groups excluding carboxylic acids is 3. The second kappa shape index (κ2) is 10.8. The Labute approximate surface area is 168 Å². The third-order valence-electron chi connectivity index (χ3n) is 3.86. The van der Waals surface area contributed by atoms with Gasteiger partial charge in [-0.1, -0.05) is 50.2 Å². The summed E-state index contributed by atoms with van der Waals surface area (Å²) in [5.74, 6) is -2.19. The summed E-state index contributed by atoms with van der Waals surface area (Å²) in [7, 11) is 0. The second-order valence-electron chi connectivity index (χ2n) is 6.59. The van der Waals surface area contributed by atoms with Crippen molar-refractivity contribution in [2.45, 2.75) is 26.5 Å². The summed E-state index contributed by atoms with van der Waals surface area (Å²) in [5.41, 5.74) is 1.05. The summed E-state index contributed by atoms with van der Waals surface area (Å²) in [6.45, 7) is 2.92. The van der Waals surface area contributed by atoms with Gasteiger partial charge < -0.3 is 20.1 Å². The van der Waals surface area contributed by atoms with E-state index >= 15 is 0 Å². The number of benzene rings is 2. The number of anilines is 1. The van der Waals surface area contributed by atoms with Crippen molar-refractivity contribution < 1.29 is 28.2 Å². The van der Waals surface area contributed by atoms with Crippen molar-refractivity contribution in [1.82, 2.24) is 5.32 Å². The number of hydrogen-bond acceptors (Lipinski definition) is 5. The maximum atomic E-state index is 13.1. The van der Waals surface area contributed by atoms with Crippen LogP contribution in [0, 0.1) is 11.7 Å². The summed E-state index contributed by atoms with van der Waals surface area (Å²) in [5, 5.41) is 4.87. The van der Waals surface area contributed by atoms with Crippen LogP contribution in [0.3, 0.4) is 0 Å². The molecule has 2 aromatic carbocycles. The number of amides is 2. The Bertz CT molecular complexity index is 842. The van der Waals surface area contributed by atoms with Crippen LogP contribution in [0.25, 0.3) is 0 Å². The number of hydrogen-bond donors (Lipinski definition) is 2. The largest absolute Gasteiger partial charge is 0.454 e. The minimum atomic E-state index is -0.986. The zero-order chi connectivity index (χ0) is 21.2. The first-order valence-corrected chi connectivity index (χ1v) is 9.04. The maximum absolute atomic E-state index is 13.1. The molecule has 2 N–H and O–H groups in total. The molecule has 0 unspecified atom stereocenters. The molecule has 0 aliphatic carbocycles. The van der Waals surface area contributed by atoms with E-state index in [1.165, 1.54) is 18.2 Å². The van der Waals surface area contributed by atoms with Gasteiger partial charge in [0.25, 0.3) is 5.91 Å². The fraction of sp³-hybridized carbons (Fsp3) is 0.286. The number of carbonyl (C=O) groups is 3. The van der Waals surface area contributed by atoms with Gasteiger partial charge in [-0.15, -0.1) is 0 Å². The average Bonchev–Trinajstić information content (AvgIpc) is 2.69. The molecule has 0 aromatic heterocycles. The van der Waals surface area contributed by atoms with Gasteiger partial charge in [-0.25, -0.2) is 14.0 Å². The highest BCUT2D eigenvalue weighted by Gasteiger charge is 2.27. The normalized spacial score (nSPS) is 11.4. The van der Waals surface area contributed by atoms with E-state index in [9.17, 15) is 18.8 Å². The quantitative estimate of drug-likeness (QED) is 0.661. The van der Waals surface area contributed by atoms with Crippen molar-refractivity contribution in [3.8, 4) is 0 Å². The molecule has 0 radical (unpaired) electrons. The number of ether oxygens (including phenoxy) is 2. The van der Waals surface area contributed by atoms with Crippen LogP contribution in [0.15, 0.2) is 54.6 Å². The third-order valence-corrected chi connectivity index (χ3v) is 3.86. The average molecular weight is 402 g/mol. The Morgan fingerprint density at radius 3 is 2.38 bits per heavy atom. The first-order valence-electron chi connectivity index (χ1n) is 9.04. The molecule has 0 spiro atoms. The molecule has 29 heavy (non-hydrogen) atoms. The van der Waals surface area contributed by atoms with Gasteiger partial charge in [0.15, 0.2) is 6.61 Å². The zero-order valence-corrected chi connectivity index (χ0v) is 16.2. The van der Waals surface area contributed by atoms with Crippen LogP contribution < -0.4 is 10.6 Å². The molecule has 0 aliphatic rings. The highest BCUT2D eigenvalue weighted by molar-refractivity contribution is 5.93. The van der Waals surface area contributed by atoms with Crippen molar-refractivity contribution in [3.63, 3.8) is 0 Å². The summed E-state index contributed by atoms with van der Waals surface area (Å²) in [6.07, 6.45) is -0.770. The minimum absolute atomic E-state index is 0.0581. The van der Waals surface area contributed by atoms with E-state index in [0.29, 0.717) is 0 Å². The predicted molar refractivity (Wildman–Crippen MR) is 104 cm³/mol. The van der Waals surface area contributed by atoms with Crippen LogP contribution >= 0.6 is 0 Å². The van der Waals surface area contributed by atoms with Crippen LogP contribution in [0.1, 0.15) is 19.4 Å². The van der Waals surface area contributed by atoms with Gasteiger partial charge in [-0.05, 0) is 29.7 Å². The molecule has 2 amide bonds. The minimum Gasteiger partial charge on any atom is -0.454 e. The molecule has 0 saturated carbocycles. The van der Waals surface area contributed by atoms with E-state index < -0.39 is 36.4 Å². The van der Waals surface area contributed by atoms with Gasteiger partial charge in [0, 0.05) is 5.69 Å². The Balaban J connectivity index is 1.81. The topological polar surface area (TPSA) is 93.7 Å². The van der Waals surface area contributed by atoms with Gasteiger partial charge in [0.05, 0.1) is 0 Å². The first-order chi connectivity index (χ1) is 13.8. The molecule has 1 atom stereocenters. The van der Waals surface area contributed by atoms with Crippen molar-refractivity contribution in [2.24, 2.45) is 5.92 Å². The van der Waals surface area contributed by atoms with E-state index in [4.69, 9.17) is 9.47 Å². The summed E-state index contributed by atoms with van der Waals surface area (Å²) < 4.78 is 23.2. The van der Waals surface area contributed by atoms with Gasteiger partial charge >= 0.3 is 12.1 Å². The fourth-order valence-electron chi connectivity index (χ4n) is 2.38. The van der Waals surface area contributed by atoms with E-state index in [2.05, 4.69) is 10.6 Å². The molecule has 154 valence electrons. The van der Waals surface area contributed by atoms with Crippen LogP contribution in [0.4, 0.5) is 14.9 Å². The van der Waals surface area contributed by atoms with E-state index in [1.807, 2.05) is 18.2 Å². The van der Waals surface area contributed by atoms with Crippen molar-refractivity contribution in [1.29, 1.82) is 0 Å². The number of alkyl carbamates (subject to hydrolysis) is 1. The van der Waals surface area contributed by atoms with Crippen LogP contribution in [-0.2, 0) is 25.7 Å². The van der Waals surface area contributed by atoms with Crippen LogP contribution in [0.2, 0.25) is 0 Å². The van der Waals surface area contributed by atoms with Gasteiger partial charge in [0.2, 0.25) is 0 Å². The molecule has 0 saturated heterocycles. The zero-order valence-electron chi connectivity index (χ0n) is 16.2. The summed E-state index contributed by atoms with van der Waals surface area (Å²) >= 11 is 0.